The molecule has 1 heterocycles. The first-order valence-corrected chi connectivity index (χ1v) is 4.68. The van der Waals surface area contributed by atoms with Crippen LogP contribution in [-0.4, -0.2) is 24.5 Å². The van der Waals surface area contributed by atoms with Crippen LogP contribution in [0, 0.1) is 0 Å². The Morgan fingerprint density at radius 3 is 2.64 bits per heavy atom. The van der Waals surface area contributed by atoms with E-state index in [4.69, 9.17) is 0 Å². The van der Waals surface area contributed by atoms with Gasteiger partial charge in [0.25, 0.3) is 0 Å². The zero-order chi connectivity index (χ0) is 8.48. The van der Waals surface area contributed by atoms with Crippen LogP contribution in [0.15, 0.2) is 12.3 Å². The van der Waals surface area contributed by atoms with Crippen LogP contribution >= 0.6 is 0 Å². The van der Waals surface area contributed by atoms with Gasteiger partial charge in [0.15, 0.2) is 0 Å². The summed E-state index contributed by atoms with van der Waals surface area (Å²) in [6, 6.07) is 1.47. The van der Waals surface area contributed by atoms with E-state index in [1.54, 1.807) is 7.05 Å². The Labute approximate surface area is 64.7 Å². The van der Waals surface area contributed by atoms with Gasteiger partial charge in [-0.1, -0.05) is 0 Å². The normalized spacial score (nSPS) is 11.5. The van der Waals surface area contributed by atoms with Crippen LogP contribution in [0.5, 0.6) is 5.88 Å². The molecule has 0 aliphatic heterocycles. The summed E-state index contributed by atoms with van der Waals surface area (Å²) in [5, 5.41) is 3.73. The first-order chi connectivity index (χ1) is 4.99. The fourth-order valence-corrected chi connectivity index (χ4v) is 1.07. The number of aryl methyl sites for hydroxylation is 1. The molecule has 0 saturated carbocycles. The van der Waals surface area contributed by atoms with E-state index in [2.05, 4.69) is 9.28 Å². The molecule has 0 bridgehead atoms. The predicted octanol–water partition coefficient (Wildman–Crippen LogP) is -0.241. The highest BCUT2D eigenvalue weighted by molar-refractivity contribution is 7.86. The van der Waals surface area contributed by atoms with Gasteiger partial charge in [0.1, 0.15) is 0 Å². The Morgan fingerprint density at radius 2 is 2.27 bits per heavy atom. The standard InChI is InChI=1S/C5H8N2O3S/c1-7-5(3-4-6-7)10-11(2,8)9/h3-4H,1-2H3. The van der Waals surface area contributed by atoms with Crippen molar-refractivity contribution in [1.82, 2.24) is 9.78 Å². The van der Waals surface area contributed by atoms with Crippen LogP contribution in [0.25, 0.3) is 0 Å². The molecule has 0 saturated heterocycles. The summed E-state index contributed by atoms with van der Waals surface area (Å²) in [5.41, 5.74) is 0. The van der Waals surface area contributed by atoms with Crippen molar-refractivity contribution in [3.05, 3.63) is 12.3 Å². The molecule has 1 aromatic heterocycles. The van der Waals surface area contributed by atoms with Crippen molar-refractivity contribution in [1.29, 1.82) is 0 Å². The number of rotatable bonds is 2. The molecule has 62 valence electrons. The molecule has 0 aliphatic rings. The van der Waals surface area contributed by atoms with Gasteiger partial charge in [0.2, 0.25) is 5.88 Å². The zero-order valence-electron chi connectivity index (χ0n) is 6.18. The lowest BCUT2D eigenvalue weighted by Crippen LogP contribution is -2.08. The summed E-state index contributed by atoms with van der Waals surface area (Å²) in [6.45, 7) is 0. The summed E-state index contributed by atoms with van der Waals surface area (Å²) in [5.74, 6) is 0.215. The third-order valence-electron chi connectivity index (χ3n) is 1.01. The Hall–Kier alpha value is -1.04. The van der Waals surface area contributed by atoms with Gasteiger partial charge < -0.3 is 4.18 Å². The van der Waals surface area contributed by atoms with E-state index in [0.717, 1.165) is 6.26 Å². The average Bonchev–Trinajstić information content (AvgIpc) is 2.12. The highest BCUT2D eigenvalue weighted by Gasteiger charge is 2.06. The first-order valence-electron chi connectivity index (χ1n) is 2.86. The van der Waals surface area contributed by atoms with Gasteiger partial charge >= 0.3 is 10.1 Å². The monoisotopic (exact) mass is 176 g/mol. The highest BCUT2D eigenvalue weighted by Crippen LogP contribution is 2.08. The molecule has 0 aromatic carbocycles. The van der Waals surface area contributed by atoms with Crippen molar-refractivity contribution in [2.24, 2.45) is 7.05 Å². The molecule has 6 heteroatoms. The second kappa shape index (κ2) is 2.54. The lowest BCUT2D eigenvalue weighted by atomic mass is 10.7. The van der Waals surface area contributed by atoms with Gasteiger partial charge in [-0.2, -0.15) is 13.5 Å². The van der Waals surface area contributed by atoms with E-state index in [9.17, 15) is 8.42 Å². The SMILES string of the molecule is Cn1nccc1OS(C)(=O)=O. The summed E-state index contributed by atoms with van der Waals surface area (Å²) in [4.78, 5) is 0. The van der Waals surface area contributed by atoms with Crippen LogP contribution in [0.2, 0.25) is 0 Å². The Bertz CT molecular complexity index is 340. The predicted molar refractivity (Wildman–Crippen MR) is 38.7 cm³/mol. The molecular formula is C5H8N2O3S. The molecule has 0 unspecified atom stereocenters. The number of hydrogen-bond acceptors (Lipinski definition) is 4. The van der Waals surface area contributed by atoms with Gasteiger partial charge in [-0.25, -0.2) is 4.68 Å². The molecule has 0 aliphatic carbocycles. The van der Waals surface area contributed by atoms with Crippen molar-refractivity contribution in [3.8, 4) is 5.88 Å². The third kappa shape index (κ3) is 2.23. The molecule has 0 N–H and O–H groups in total. The van der Waals surface area contributed by atoms with Crippen molar-refractivity contribution < 1.29 is 12.6 Å². The van der Waals surface area contributed by atoms with Crippen LogP contribution in [-0.2, 0) is 17.2 Å². The van der Waals surface area contributed by atoms with Crippen molar-refractivity contribution in [2.45, 2.75) is 0 Å². The summed E-state index contributed by atoms with van der Waals surface area (Å²) in [7, 11) is -1.83. The van der Waals surface area contributed by atoms with Crippen molar-refractivity contribution in [3.63, 3.8) is 0 Å². The minimum absolute atomic E-state index is 0.215. The highest BCUT2D eigenvalue weighted by atomic mass is 32.2. The van der Waals surface area contributed by atoms with Gasteiger partial charge in [0, 0.05) is 13.1 Å². The van der Waals surface area contributed by atoms with Crippen molar-refractivity contribution >= 4 is 10.1 Å². The minimum atomic E-state index is -3.43. The van der Waals surface area contributed by atoms with E-state index >= 15 is 0 Å². The van der Waals surface area contributed by atoms with Crippen LogP contribution in [0.1, 0.15) is 0 Å². The summed E-state index contributed by atoms with van der Waals surface area (Å²) < 4.78 is 27.1. The molecule has 1 rings (SSSR count). The van der Waals surface area contributed by atoms with Gasteiger partial charge in [0.05, 0.1) is 12.5 Å². The average molecular weight is 176 g/mol. The lowest BCUT2D eigenvalue weighted by Gasteiger charge is -2.00. The van der Waals surface area contributed by atoms with Crippen LogP contribution in [0.3, 0.4) is 0 Å². The molecule has 0 amide bonds. The molecule has 0 atom stereocenters. The van der Waals surface area contributed by atoms with Crippen molar-refractivity contribution in [2.75, 3.05) is 6.26 Å². The maximum atomic E-state index is 10.6. The summed E-state index contributed by atoms with van der Waals surface area (Å²) >= 11 is 0. The van der Waals surface area contributed by atoms with Gasteiger partial charge in [-0.15, -0.1) is 0 Å². The number of hydrogen-bond donors (Lipinski definition) is 0. The quantitative estimate of drug-likeness (QED) is 0.583. The van der Waals surface area contributed by atoms with E-state index in [0.29, 0.717) is 0 Å². The van der Waals surface area contributed by atoms with E-state index in [-0.39, 0.29) is 5.88 Å². The molecule has 0 radical (unpaired) electrons. The largest absolute Gasteiger partial charge is 0.362 e. The second-order valence-electron chi connectivity index (χ2n) is 2.08. The fraction of sp³-hybridized carbons (Fsp3) is 0.400. The molecule has 0 spiro atoms. The van der Waals surface area contributed by atoms with Crippen LogP contribution in [0.4, 0.5) is 0 Å². The smallest absolute Gasteiger partial charge is 0.307 e. The third-order valence-corrected chi connectivity index (χ3v) is 1.49. The lowest BCUT2D eigenvalue weighted by molar-refractivity contribution is 0.461. The Kier molecular flexibility index (Phi) is 1.86. The maximum Gasteiger partial charge on any atom is 0.307 e. The Balaban J connectivity index is 2.89. The Morgan fingerprint density at radius 1 is 1.64 bits per heavy atom. The maximum absolute atomic E-state index is 10.6. The molecule has 1 aromatic rings. The second-order valence-corrected chi connectivity index (χ2v) is 3.66. The molecular weight excluding hydrogens is 168 g/mol. The fourth-order valence-electron chi connectivity index (χ4n) is 0.599. The zero-order valence-corrected chi connectivity index (χ0v) is 7.00. The van der Waals surface area contributed by atoms with E-state index < -0.39 is 10.1 Å². The van der Waals surface area contributed by atoms with E-state index in [1.807, 2.05) is 0 Å². The number of aromatic nitrogens is 2. The first kappa shape index (κ1) is 8.06. The molecule has 5 nitrogen and oxygen atoms in total. The van der Waals surface area contributed by atoms with E-state index in [1.165, 1.54) is 16.9 Å². The molecule has 0 fully saturated rings. The van der Waals surface area contributed by atoms with Gasteiger partial charge in [-0.3, -0.25) is 0 Å². The number of nitrogens with zero attached hydrogens (tertiary/aromatic N) is 2. The summed E-state index contributed by atoms with van der Waals surface area (Å²) in [6.07, 6.45) is 2.44. The topological polar surface area (TPSA) is 61.2 Å². The molecule has 11 heavy (non-hydrogen) atoms. The minimum Gasteiger partial charge on any atom is -0.362 e. The van der Waals surface area contributed by atoms with Gasteiger partial charge in [-0.05, 0) is 0 Å². The van der Waals surface area contributed by atoms with Crippen LogP contribution < -0.4 is 4.18 Å².